The molecule has 2 aliphatic rings. The van der Waals surface area contributed by atoms with Crippen molar-refractivity contribution < 1.29 is 28.6 Å². The third-order valence-corrected chi connectivity index (χ3v) is 7.15. The number of ether oxygens (including phenoxy) is 1. The van der Waals surface area contributed by atoms with Gasteiger partial charge in [-0.05, 0) is 53.6 Å². The molecule has 0 bridgehead atoms. The summed E-state index contributed by atoms with van der Waals surface area (Å²) in [4.78, 5) is 38.0. The van der Waals surface area contributed by atoms with Gasteiger partial charge in [0.1, 0.15) is 17.9 Å². The van der Waals surface area contributed by atoms with Gasteiger partial charge in [-0.1, -0.05) is 48.5 Å². The fraction of sp³-hybridized carbons (Fsp3) is 0.296. The molecule has 0 radical (unpaired) electrons. The predicted molar refractivity (Wildman–Crippen MR) is 127 cm³/mol. The zero-order chi connectivity index (χ0) is 24.6. The molecule has 8 nitrogen and oxygen atoms in total. The van der Waals surface area contributed by atoms with Gasteiger partial charge in [-0.15, -0.1) is 0 Å². The first-order valence-electron chi connectivity index (χ1n) is 11.6. The predicted octanol–water partition coefficient (Wildman–Crippen LogP) is 4.40. The molecule has 1 saturated carbocycles. The first-order valence-corrected chi connectivity index (χ1v) is 11.6. The molecular weight excluding hydrogens is 448 g/mol. The number of amides is 2. The Morgan fingerprint density at radius 1 is 1.03 bits per heavy atom. The molecule has 35 heavy (non-hydrogen) atoms. The Morgan fingerprint density at radius 2 is 1.66 bits per heavy atom. The number of fused-ring (bicyclic) bond motifs is 3. The Labute approximate surface area is 202 Å². The molecule has 0 atom stereocenters. The molecule has 8 heteroatoms. The molecule has 2 amide bonds. The Morgan fingerprint density at radius 3 is 2.23 bits per heavy atom. The van der Waals surface area contributed by atoms with Gasteiger partial charge in [-0.3, -0.25) is 4.79 Å². The highest BCUT2D eigenvalue weighted by atomic mass is 16.5. The maximum Gasteiger partial charge on any atom is 0.407 e. The third-order valence-electron chi connectivity index (χ3n) is 7.15. The van der Waals surface area contributed by atoms with E-state index in [0.717, 1.165) is 28.7 Å². The lowest BCUT2D eigenvalue weighted by Gasteiger charge is -2.44. The van der Waals surface area contributed by atoms with E-state index in [1.165, 1.54) is 18.0 Å². The van der Waals surface area contributed by atoms with E-state index in [-0.39, 0.29) is 24.8 Å². The zero-order valence-electron chi connectivity index (χ0n) is 19.3. The van der Waals surface area contributed by atoms with Gasteiger partial charge in [0.15, 0.2) is 5.76 Å². The number of nitrogens with one attached hydrogen (secondary N) is 1. The Hall–Kier alpha value is -4.07. The Kier molecular flexibility index (Phi) is 5.80. The van der Waals surface area contributed by atoms with Crippen LogP contribution in [0.2, 0.25) is 0 Å². The van der Waals surface area contributed by atoms with Gasteiger partial charge in [0, 0.05) is 13.0 Å². The van der Waals surface area contributed by atoms with Crippen molar-refractivity contribution in [2.24, 2.45) is 0 Å². The average molecular weight is 475 g/mol. The normalized spacial score (nSPS) is 15.5. The largest absolute Gasteiger partial charge is 0.479 e. The van der Waals surface area contributed by atoms with Crippen LogP contribution in [-0.4, -0.2) is 47.2 Å². The van der Waals surface area contributed by atoms with Crippen molar-refractivity contribution in [3.63, 3.8) is 0 Å². The number of furan rings is 1. The number of carbonyl (C=O) groups is 3. The summed E-state index contributed by atoms with van der Waals surface area (Å²) in [6.07, 6.45) is 1.01. The SMILES string of the molecule is CN(C(=O)c1ccc(CNC(=O)OCC2c3ccccc3-c3ccccc32)o1)C1(C(=O)O)CCC1. The van der Waals surface area contributed by atoms with Gasteiger partial charge >= 0.3 is 12.1 Å². The molecule has 0 spiro atoms. The minimum Gasteiger partial charge on any atom is -0.479 e. The number of rotatable bonds is 7. The van der Waals surface area contributed by atoms with Gasteiger partial charge in [0.2, 0.25) is 0 Å². The summed E-state index contributed by atoms with van der Waals surface area (Å²) in [6, 6.07) is 19.3. The number of likely N-dealkylation sites (N-methyl/N-ethyl adjacent to an activating group) is 1. The van der Waals surface area contributed by atoms with Crippen LogP contribution in [0.15, 0.2) is 65.1 Å². The van der Waals surface area contributed by atoms with Crippen molar-refractivity contribution in [1.29, 1.82) is 0 Å². The quantitative estimate of drug-likeness (QED) is 0.525. The number of nitrogens with zero attached hydrogens (tertiary/aromatic N) is 1. The number of hydrogen-bond acceptors (Lipinski definition) is 5. The summed E-state index contributed by atoms with van der Waals surface area (Å²) in [6.45, 7) is 0.238. The topological polar surface area (TPSA) is 109 Å². The number of alkyl carbamates (subject to hydrolysis) is 1. The van der Waals surface area contributed by atoms with Crippen LogP contribution in [-0.2, 0) is 16.1 Å². The Balaban J connectivity index is 1.17. The maximum absolute atomic E-state index is 12.7. The van der Waals surface area contributed by atoms with E-state index in [1.807, 2.05) is 24.3 Å². The standard InChI is InChI=1S/C27H26N2O6/c1-29(27(25(31)32)13-6-14-27)24(30)23-12-11-17(35-23)15-28-26(33)34-16-22-20-9-4-2-7-18(20)19-8-3-5-10-21(19)22/h2-5,7-12,22H,6,13-16H2,1H3,(H,28,33)(H,31,32). The summed E-state index contributed by atoms with van der Waals surface area (Å²) in [5.41, 5.74) is 3.39. The second kappa shape index (κ2) is 8.94. The molecule has 1 aromatic heterocycles. The molecule has 2 aliphatic carbocycles. The fourth-order valence-corrected chi connectivity index (χ4v) is 4.96. The van der Waals surface area contributed by atoms with Crippen molar-refractivity contribution in [2.45, 2.75) is 37.3 Å². The lowest BCUT2D eigenvalue weighted by molar-refractivity contribution is -0.154. The van der Waals surface area contributed by atoms with Gasteiger partial charge in [0.25, 0.3) is 5.91 Å². The second-order valence-electron chi connectivity index (χ2n) is 9.00. The van der Waals surface area contributed by atoms with Crippen molar-refractivity contribution >= 4 is 18.0 Å². The smallest absolute Gasteiger partial charge is 0.407 e. The molecule has 2 aromatic carbocycles. The van der Waals surface area contributed by atoms with E-state index in [9.17, 15) is 19.5 Å². The van der Waals surface area contributed by atoms with Gasteiger partial charge in [-0.2, -0.15) is 0 Å². The van der Waals surface area contributed by atoms with Crippen LogP contribution in [0.5, 0.6) is 0 Å². The summed E-state index contributed by atoms with van der Waals surface area (Å²) in [5.74, 6) is -1.15. The van der Waals surface area contributed by atoms with Crippen LogP contribution in [0, 0.1) is 0 Å². The first-order chi connectivity index (χ1) is 16.9. The van der Waals surface area contributed by atoms with Crippen LogP contribution in [0.3, 0.4) is 0 Å². The molecular formula is C27H26N2O6. The van der Waals surface area contributed by atoms with Crippen LogP contribution in [0.25, 0.3) is 11.1 Å². The summed E-state index contributed by atoms with van der Waals surface area (Å²) >= 11 is 0. The second-order valence-corrected chi connectivity index (χ2v) is 9.00. The minimum absolute atomic E-state index is 0.0318. The van der Waals surface area contributed by atoms with E-state index in [1.54, 1.807) is 6.07 Å². The molecule has 0 aliphatic heterocycles. The Bertz CT molecular complexity index is 1250. The van der Waals surface area contributed by atoms with E-state index in [4.69, 9.17) is 9.15 Å². The highest BCUT2D eigenvalue weighted by molar-refractivity contribution is 5.96. The number of aliphatic carboxylic acids is 1. The summed E-state index contributed by atoms with van der Waals surface area (Å²) in [7, 11) is 1.48. The number of carboxylic acids is 1. The van der Waals surface area contributed by atoms with Crippen LogP contribution in [0.1, 0.15) is 52.6 Å². The van der Waals surface area contributed by atoms with E-state index >= 15 is 0 Å². The van der Waals surface area contributed by atoms with Crippen LogP contribution < -0.4 is 5.32 Å². The van der Waals surface area contributed by atoms with Gasteiger partial charge in [-0.25, -0.2) is 9.59 Å². The third kappa shape index (κ3) is 3.95. The molecule has 0 saturated heterocycles. The van der Waals surface area contributed by atoms with E-state index < -0.39 is 23.5 Å². The van der Waals surface area contributed by atoms with Gasteiger partial charge in [0.05, 0.1) is 6.54 Å². The molecule has 180 valence electrons. The first kappa shape index (κ1) is 22.7. The van der Waals surface area contributed by atoms with Crippen molar-refractivity contribution in [2.75, 3.05) is 13.7 Å². The molecule has 1 heterocycles. The molecule has 2 N–H and O–H groups in total. The van der Waals surface area contributed by atoms with Crippen LogP contribution >= 0.6 is 0 Å². The minimum atomic E-state index is -1.18. The molecule has 1 fully saturated rings. The highest BCUT2D eigenvalue weighted by Crippen LogP contribution is 2.44. The lowest BCUT2D eigenvalue weighted by Crippen LogP contribution is -2.59. The number of carbonyl (C=O) groups excluding carboxylic acids is 2. The average Bonchev–Trinajstić information content (AvgIpc) is 3.43. The number of carboxylic acid groups (broad SMARTS) is 1. The fourth-order valence-electron chi connectivity index (χ4n) is 4.96. The molecule has 5 rings (SSSR count). The zero-order valence-corrected chi connectivity index (χ0v) is 19.3. The van der Waals surface area contributed by atoms with E-state index in [0.29, 0.717) is 18.6 Å². The van der Waals surface area contributed by atoms with Crippen LogP contribution in [0.4, 0.5) is 4.79 Å². The van der Waals surface area contributed by atoms with Crippen molar-refractivity contribution in [3.8, 4) is 11.1 Å². The van der Waals surface area contributed by atoms with Crippen molar-refractivity contribution in [3.05, 3.63) is 83.3 Å². The summed E-state index contributed by atoms with van der Waals surface area (Å²) < 4.78 is 11.1. The van der Waals surface area contributed by atoms with E-state index in [2.05, 4.69) is 29.6 Å². The number of hydrogen-bond donors (Lipinski definition) is 2. The maximum atomic E-state index is 12.7. The highest BCUT2D eigenvalue weighted by Gasteiger charge is 2.50. The van der Waals surface area contributed by atoms with Gasteiger partial charge < -0.3 is 24.5 Å². The number of benzene rings is 2. The molecule has 0 unspecified atom stereocenters. The lowest BCUT2D eigenvalue weighted by atomic mass is 9.75. The van der Waals surface area contributed by atoms with Crippen molar-refractivity contribution in [1.82, 2.24) is 10.2 Å². The monoisotopic (exact) mass is 474 g/mol. The molecule has 3 aromatic rings. The summed E-state index contributed by atoms with van der Waals surface area (Å²) in [5, 5.41) is 12.2.